The molecular weight excluding hydrogens is 264 g/mol. The molecule has 0 rings (SSSR count). The van der Waals surface area contributed by atoms with Crippen molar-refractivity contribution < 1.29 is 8.85 Å². The maximum absolute atomic E-state index is 6.22. The molecule has 0 saturated heterocycles. The molecule has 0 atom stereocenters. The van der Waals surface area contributed by atoms with Gasteiger partial charge in [-0.1, -0.05) is 40.0 Å². The zero-order valence-electron chi connectivity index (χ0n) is 12.5. The second kappa shape index (κ2) is 12.5. The van der Waals surface area contributed by atoms with Gasteiger partial charge in [-0.25, -0.2) is 0 Å². The van der Waals surface area contributed by atoms with Crippen LogP contribution in [0.5, 0.6) is 0 Å². The van der Waals surface area contributed by atoms with Gasteiger partial charge < -0.3 is 8.85 Å². The monoisotopic (exact) mass is 294 g/mol. The second-order valence-corrected chi connectivity index (χ2v) is 8.63. The van der Waals surface area contributed by atoms with Gasteiger partial charge in [0, 0.05) is 19.1 Å². The van der Waals surface area contributed by atoms with Crippen LogP contribution in [0.4, 0.5) is 0 Å². The first-order valence-electron chi connectivity index (χ1n) is 7.58. The minimum absolute atomic E-state index is 0.715. The Kier molecular flexibility index (Phi) is 12.8. The molecule has 0 heterocycles. The maximum atomic E-state index is 6.22. The lowest BCUT2D eigenvalue weighted by Crippen LogP contribution is -2.42. The van der Waals surface area contributed by atoms with Crippen molar-refractivity contribution in [2.75, 3.05) is 19.1 Å². The lowest BCUT2D eigenvalue weighted by atomic mass is 10.4. The Morgan fingerprint density at radius 3 is 1.72 bits per heavy atom. The van der Waals surface area contributed by atoms with E-state index in [0.717, 1.165) is 51.0 Å². The summed E-state index contributed by atoms with van der Waals surface area (Å²) in [6, 6.07) is 2.16. The average molecular weight is 295 g/mol. The Morgan fingerprint density at radius 2 is 1.33 bits per heavy atom. The fraction of sp³-hybridized carbons (Fsp3) is 1.00. The summed E-state index contributed by atoms with van der Waals surface area (Å²) in [6.07, 6.45) is 6.80. The van der Waals surface area contributed by atoms with Gasteiger partial charge in [-0.05, 0) is 31.4 Å². The highest BCUT2D eigenvalue weighted by Gasteiger charge is 2.35. The van der Waals surface area contributed by atoms with Gasteiger partial charge in [-0.2, -0.15) is 0 Å². The summed E-state index contributed by atoms with van der Waals surface area (Å²) < 4.78 is 12.4. The molecule has 0 aromatic rings. The summed E-state index contributed by atoms with van der Waals surface area (Å²) in [5.41, 5.74) is 0. The zero-order valence-corrected chi connectivity index (χ0v) is 14.2. The van der Waals surface area contributed by atoms with E-state index in [2.05, 4.69) is 20.8 Å². The Hall–Kier alpha value is 0.427. The number of alkyl halides is 1. The van der Waals surface area contributed by atoms with Crippen molar-refractivity contribution in [2.45, 2.75) is 71.4 Å². The molecule has 0 aliphatic heterocycles. The molecule has 0 radical (unpaired) electrons. The molecule has 0 N–H and O–H groups in total. The van der Waals surface area contributed by atoms with E-state index in [9.17, 15) is 0 Å². The molecule has 0 amide bonds. The Balaban J connectivity index is 4.34. The third-order valence-corrected chi connectivity index (χ3v) is 7.15. The van der Waals surface area contributed by atoms with Gasteiger partial charge in [0.05, 0.1) is 0 Å². The van der Waals surface area contributed by atoms with Crippen LogP contribution in [-0.2, 0) is 8.85 Å². The molecule has 0 aliphatic rings. The van der Waals surface area contributed by atoms with Crippen molar-refractivity contribution in [3.8, 4) is 0 Å². The van der Waals surface area contributed by atoms with E-state index in [1.165, 1.54) is 12.8 Å². The van der Waals surface area contributed by atoms with Crippen molar-refractivity contribution in [2.24, 2.45) is 0 Å². The molecule has 0 spiro atoms. The van der Waals surface area contributed by atoms with Gasteiger partial charge >= 0.3 is 8.56 Å². The third kappa shape index (κ3) is 8.52. The van der Waals surface area contributed by atoms with Crippen LogP contribution in [0, 0.1) is 0 Å². The quantitative estimate of drug-likeness (QED) is 0.267. The van der Waals surface area contributed by atoms with Gasteiger partial charge in [0.25, 0.3) is 0 Å². The number of hydrogen-bond acceptors (Lipinski definition) is 2. The summed E-state index contributed by atoms with van der Waals surface area (Å²) in [7, 11) is -1.98. The molecule has 0 aliphatic carbocycles. The van der Waals surface area contributed by atoms with Gasteiger partial charge in [0.1, 0.15) is 0 Å². The molecule has 18 heavy (non-hydrogen) atoms. The van der Waals surface area contributed by atoms with Crippen LogP contribution >= 0.6 is 11.6 Å². The molecule has 0 fully saturated rings. The minimum atomic E-state index is -1.98. The summed E-state index contributed by atoms with van der Waals surface area (Å²) in [4.78, 5) is 0. The molecular formula is C14H31ClO2Si. The van der Waals surface area contributed by atoms with Crippen molar-refractivity contribution >= 4 is 20.2 Å². The second-order valence-electron chi connectivity index (χ2n) is 4.86. The van der Waals surface area contributed by atoms with Crippen LogP contribution in [0.2, 0.25) is 12.1 Å². The summed E-state index contributed by atoms with van der Waals surface area (Å²) >= 11 is 5.84. The lowest BCUT2D eigenvalue weighted by molar-refractivity contribution is 0.162. The van der Waals surface area contributed by atoms with E-state index in [-0.39, 0.29) is 0 Å². The van der Waals surface area contributed by atoms with Crippen molar-refractivity contribution in [1.82, 2.24) is 0 Å². The molecule has 0 unspecified atom stereocenters. The van der Waals surface area contributed by atoms with Crippen molar-refractivity contribution in [3.63, 3.8) is 0 Å². The van der Waals surface area contributed by atoms with Gasteiger partial charge in [-0.3, -0.25) is 0 Å². The van der Waals surface area contributed by atoms with Crippen molar-refractivity contribution in [1.29, 1.82) is 0 Å². The van der Waals surface area contributed by atoms with Gasteiger partial charge in [-0.15, -0.1) is 11.6 Å². The predicted molar refractivity (Wildman–Crippen MR) is 82.7 cm³/mol. The zero-order chi connectivity index (χ0) is 13.7. The summed E-state index contributed by atoms with van der Waals surface area (Å²) in [6.45, 7) is 8.33. The van der Waals surface area contributed by atoms with Crippen LogP contribution in [0.1, 0.15) is 59.3 Å². The van der Waals surface area contributed by atoms with E-state index >= 15 is 0 Å². The molecule has 110 valence electrons. The van der Waals surface area contributed by atoms with E-state index < -0.39 is 8.56 Å². The first-order chi connectivity index (χ1) is 8.74. The van der Waals surface area contributed by atoms with Crippen LogP contribution < -0.4 is 0 Å². The van der Waals surface area contributed by atoms with Crippen molar-refractivity contribution in [3.05, 3.63) is 0 Å². The Bertz CT molecular complexity index is 169. The first-order valence-corrected chi connectivity index (χ1v) is 10.3. The van der Waals surface area contributed by atoms with E-state index in [1.54, 1.807) is 0 Å². The summed E-state index contributed by atoms with van der Waals surface area (Å²) in [5.74, 6) is 0.715. The topological polar surface area (TPSA) is 18.5 Å². The fourth-order valence-electron chi connectivity index (χ4n) is 1.98. The number of rotatable bonds is 13. The number of hydrogen-bond donors (Lipinski definition) is 0. The Morgan fingerprint density at radius 1 is 0.778 bits per heavy atom. The Labute approximate surface area is 120 Å². The molecule has 0 aromatic carbocycles. The molecule has 0 bridgehead atoms. The summed E-state index contributed by atoms with van der Waals surface area (Å²) in [5, 5.41) is 0. The first kappa shape index (κ1) is 18.4. The lowest BCUT2D eigenvalue weighted by Gasteiger charge is -2.30. The molecule has 2 nitrogen and oxygen atoms in total. The molecule has 4 heteroatoms. The normalized spacial score (nSPS) is 12.0. The highest BCUT2D eigenvalue weighted by molar-refractivity contribution is 6.67. The minimum Gasteiger partial charge on any atom is -0.394 e. The number of unbranched alkanes of at least 4 members (excludes halogenated alkanes) is 2. The smallest absolute Gasteiger partial charge is 0.338 e. The number of halogens is 1. The van der Waals surface area contributed by atoms with E-state index in [0.29, 0.717) is 5.88 Å². The average Bonchev–Trinajstić information content (AvgIpc) is 2.37. The third-order valence-electron chi connectivity index (χ3n) is 3.05. The standard InChI is InChI=1S/C14H31ClO2Si/c1-4-7-11-16-18(13-6-3,14-9-10-15)17-12-8-5-2/h4-14H2,1-3H3. The highest BCUT2D eigenvalue weighted by Crippen LogP contribution is 2.24. The van der Waals surface area contributed by atoms with Gasteiger partial charge in [0.15, 0.2) is 0 Å². The van der Waals surface area contributed by atoms with Crippen LogP contribution in [0.15, 0.2) is 0 Å². The molecule has 0 saturated carbocycles. The van der Waals surface area contributed by atoms with Crippen LogP contribution in [0.25, 0.3) is 0 Å². The highest BCUT2D eigenvalue weighted by atomic mass is 35.5. The van der Waals surface area contributed by atoms with E-state index in [4.69, 9.17) is 20.5 Å². The fourth-order valence-corrected chi connectivity index (χ4v) is 5.76. The maximum Gasteiger partial charge on any atom is 0.338 e. The van der Waals surface area contributed by atoms with E-state index in [1.807, 2.05) is 0 Å². The van der Waals surface area contributed by atoms with Crippen LogP contribution in [0.3, 0.4) is 0 Å². The molecule has 0 aromatic heterocycles. The predicted octanol–water partition coefficient (Wildman–Crippen LogP) is 5.10. The largest absolute Gasteiger partial charge is 0.394 e. The van der Waals surface area contributed by atoms with Crippen LogP contribution in [-0.4, -0.2) is 27.7 Å². The van der Waals surface area contributed by atoms with Gasteiger partial charge in [0.2, 0.25) is 0 Å². The SMILES string of the molecule is CCCCO[Si](CCC)(CCCCl)OCCCC.